The van der Waals surface area contributed by atoms with E-state index >= 15 is 0 Å². The Kier molecular flexibility index (Phi) is 8.44. The number of carbonyl (C=O) groups is 1. The van der Waals surface area contributed by atoms with Crippen molar-refractivity contribution in [3.05, 3.63) is 63.1 Å². The van der Waals surface area contributed by atoms with Gasteiger partial charge in [0.25, 0.3) is 0 Å². The molecule has 0 spiro atoms. The molecular formula is C23H28Cl2N2O4S. The van der Waals surface area contributed by atoms with Gasteiger partial charge in [-0.25, -0.2) is 12.7 Å². The Balaban J connectivity index is 1.50. The van der Waals surface area contributed by atoms with Gasteiger partial charge in [0, 0.05) is 13.1 Å². The highest BCUT2D eigenvalue weighted by Gasteiger charge is 2.32. The van der Waals surface area contributed by atoms with E-state index < -0.39 is 10.0 Å². The van der Waals surface area contributed by atoms with Gasteiger partial charge in [0.15, 0.2) is 0 Å². The van der Waals surface area contributed by atoms with Gasteiger partial charge in [-0.05, 0) is 56.0 Å². The predicted octanol–water partition coefficient (Wildman–Crippen LogP) is 4.35. The highest BCUT2D eigenvalue weighted by atomic mass is 35.5. The minimum Gasteiger partial charge on any atom is -0.491 e. The van der Waals surface area contributed by atoms with E-state index in [1.165, 1.54) is 9.87 Å². The minimum absolute atomic E-state index is 0.149. The van der Waals surface area contributed by atoms with Crippen molar-refractivity contribution in [1.82, 2.24) is 9.62 Å². The van der Waals surface area contributed by atoms with E-state index in [2.05, 4.69) is 5.32 Å². The fourth-order valence-corrected chi connectivity index (χ4v) is 5.70. The predicted molar refractivity (Wildman–Crippen MR) is 128 cm³/mol. The van der Waals surface area contributed by atoms with Crippen LogP contribution >= 0.6 is 23.2 Å². The first-order valence-corrected chi connectivity index (χ1v) is 12.9. The van der Waals surface area contributed by atoms with Crippen LogP contribution in [0.25, 0.3) is 0 Å². The van der Waals surface area contributed by atoms with Crippen LogP contribution in [0, 0.1) is 19.8 Å². The summed E-state index contributed by atoms with van der Waals surface area (Å²) in [7, 11) is -3.58. The normalized spacial score (nSPS) is 17.2. The lowest BCUT2D eigenvalue weighted by Gasteiger charge is -2.31. The molecule has 1 atom stereocenters. The summed E-state index contributed by atoms with van der Waals surface area (Å²) in [5.74, 6) is 0.0845. The molecule has 0 aliphatic carbocycles. The van der Waals surface area contributed by atoms with Crippen LogP contribution in [-0.4, -0.2) is 44.9 Å². The van der Waals surface area contributed by atoms with E-state index in [0.717, 1.165) is 11.3 Å². The van der Waals surface area contributed by atoms with Crippen LogP contribution in [0.15, 0.2) is 36.4 Å². The first kappa shape index (κ1) is 24.8. The largest absolute Gasteiger partial charge is 0.491 e. The minimum atomic E-state index is -3.58. The standard InChI is InChI=1S/C23H28Cl2N2O4S/c1-16-5-8-22(17(2)12-16)31-11-9-26-23(28)19-4-3-10-27(14-19)32(29,30)15-18-6-7-20(24)21(25)13-18/h5-8,12-13,19H,3-4,9-11,14-15H2,1-2H3,(H,26,28)/t19-/m1/s1. The first-order valence-electron chi connectivity index (χ1n) is 10.6. The van der Waals surface area contributed by atoms with Crippen molar-refractivity contribution in [1.29, 1.82) is 0 Å². The summed E-state index contributed by atoms with van der Waals surface area (Å²) < 4.78 is 32.9. The second-order valence-electron chi connectivity index (χ2n) is 8.11. The van der Waals surface area contributed by atoms with E-state index in [1.54, 1.807) is 18.2 Å². The van der Waals surface area contributed by atoms with Crippen LogP contribution in [-0.2, 0) is 20.6 Å². The van der Waals surface area contributed by atoms with Crippen LogP contribution in [0.2, 0.25) is 10.0 Å². The van der Waals surface area contributed by atoms with Crippen LogP contribution in [0.4, 0.5) is 0 Å². The maximum Gasteiger partial charge on any atom is 0.224 e. The number of aryl methyl sites for hydroxylation is 2. The molecular weight excluding hydrogens is 471 g/mol. The number of carbonyl (C=O) groups excluding carboxylic acids is 1. The molecule has 0 bridgehead atoms. The average molecular weight is 499 g/mol. The van der Waals surface area contributed by atoms with Crippen molar-refractivity contribution in [2.24, 2.45) is 5.92 Å². The zero-order valence-corrected chi connectivity index (χ0v) is 20.6. The van der Waals surface area contributed by atoms with E-state index in [-0.39, 0.29) is 24.1 Å². The molecule has 1 saturated heterocycles. The third-order valence-corrected chi connectivity index (χ3v) is 8.03. The van der Waals surface area contributed by atoms with E-state index in [1.807, 2.05) is 32.0 Å². The Labute approximate surface area is 199 Å². The van der Waals surface area contributed by atoms with Gasteiger partial charge >= 0.3 is 0 Å². The maximum atomic E-state index is 12.9. The van der Waals surface area contributed by atoms with Crippen molar-refractivity contribution < 1.29 is 17.9 Å². The van der Waals surface area contributed by atoms with Gasteiger partial charge in [-0.2, -0.15) is 0 Å². The molecule has 6 nitrogen and oxygen atoms in total. The summed E-state index contributed by atoms with van der Waals surface area (Å²) in [4.78, 5) is 12.6. The van der Waals surface area contributed by atoms with Gasteiger partial charge in [0.1, 0.15) is 12.4 Å². The lowest BCUT2D eigenvalue weighted by atomic mass is 9.99. The molecule has 0 unspecified atom stereocenters. The topological polar surface area (TPSA) is 75.7 Å². The van der Waals surface area contributed by atoms with Crippen molar-refractivity contribution in [3.8, 4) is 5.75 Å². The molecule has 1 fully saturated rings. The Bertz CT molecular complexity index is 1080. The number of halogens is 2. The molecule has 1 N–H and O–H groups in total. The van der Waals surface area contributed by atoms with Gasteiger partial charge in [0.2, 0.25) is 15.9 Å². The monoisotopic (exact) mass is 498 g/mol. The Hall–Kier alpha value is -1.80. The maximum absolute atomic E-state index is 12.9. The van der Waals surface area contributed by atoms with Gasteiger partial charge in [-0.1, -0.05) is 47.0 Å². The zero-order chi connectivity index (χ0) is 23.3. The Morgan fingerprint density at radius 3 is 2.66 bits per heavy atom. The van der Waals surface area contributed by atoms with Crippen molar-refractivity contribution in [3.63, 3.8) is 0 Å². The Morgan fingerprint density at radius 1 is 1.16 bits per heavy atom. The quantitative estimate of drug-likeness (QED) is 0.549. The van der Waals surface area contributed by atoms with Crippen LogP contribution in [0.3, 0.4) is 0 Å². The summed E-state index contributed by atoms with van der Waals surface area (Å²) in [6.07, 6.45) is 1.29. The Morgan fingerprint density at radius 2 is 1.94 bits per heavy atom. The summed E-state index contributed by atoms with van der Waals surface area (Å²) in [6.45, 7) is 5.29. The van der Waals surface area contributed by atoms with Crippen molar-refractivity contribution in [2.45, 2.75) is 32.4 Å². The molecule has 1 heterocycles. The van der Waals surface area contributed by atoms with Crippen LogP contribution < -0.4 is 10.1 Å². The summed E-state index contributed by atoms with van der Waals surface area (Å²) >= 11 is 11.9. The molecule has 174 valence electrons. The lowest BCUT2D eigenvalue weighted by molar-refractivity contribution is -0.126. The fraction of sp³-hybridized carbons (Fsp3) is 0.435. The number of benzene rings is 2. The number of amides is 1. The summed E-state index contributed by atoms with van der Waals surface area (Å²) in [6, 6.07) is 10.7. The molecule has 0 radical (unpaired) electrons. The number of hydrogen-bond acceptors (Lipinski definition) is 4. The van der Waals surface area contributed by atoms with Crippen molar-refractivity contribution in [2.75, 3.05) is 26.2 Å². The molecule has 1 amide bonds. The average Bonchev–Trinajstić information content (AvgIpc) is 2.75. The molecule has 32 heavy (non-hydrogen) atoms. The molecule has 1 aliphatic rings. The van der Waals surface area contributed by atoms with E-state index in [4.69, 9.17) is 27.9 Å². The summed E-state index contributed by atoms with van der Waals surface area (Å²) in [5, 5.41) is 3.57. The third-order valence-electron chi connectivity index (χ3n) is 5.47. The van der Waals surface area contributed by atoms with Gasteiger partial charge < -0.3 is 10.1 Å². The molecule has 9 heteroatoms. The number of rotatable bonds is 8. The second kappa shape index (κ2) is 10.9. The van der Waals surface area contributed by atoms with Crippen molar-refractivity contribution >= 4 is 39.1 Å². The molecule has 1 aliphatic heterocycles. The highest BCUT2D eigenvalue weighted by Crippen LogP contribution is 2.26. The first-order chi connectivity index (χ1) is 15.2. The van der Waals surface area contributed by atoms with E-state index in [9.17, 15) is 13.2 Å². The third kappa shape index (κ3) is 6.61. The fourth-order valence-electron chi connectivity index (χ4n) is 3.78. The highest BCUT2D eigenvalue weighted by molar-refractivity contribution is 7.88. The van der Waals surface area contributed by atoms with Crippen LogP contribution in [0.5, 0.6) is 5.75 Å². The number of sulfonamides is 1. The van der Waals surface area contributed by atoms with Gasteiger partial charge in [0.05, 0.1) is 28.3 Å². The number of hydrogen-bond donors (Lipinski definition) is 1. The molecule has 0 aromatic heterocycles. The smallest absolute Gasteiger partial charge is 0.224 e. The summed E-state index contributed by atoms with van der Waals surface area (Å²) in [5.41, 5.74) is 2.78. The van der Waals surface area contributed by atoms with Gasteiger partial charge in [-0.15, -0.1) is 0 Å². The number of ether oxygens (including phenoxy) is 1. The molecule has 0 saturated carbocycles. The van der Waals surface area contributed by atoms with E-state index in [0.29, 0.717) is 48.1 Å². The molecule has 2 aromatic carbocycles. The van der Waals surface area contributed by atoms with Crippen LogP contribution in [0.1, 0.15) is 29.5 Å². The molecule has 3 rings (SSSR count). The number of nitrogens with zero attached hydrogens (tertiary/aromatic N) is 1. The number of piperidine rings is 1. The zero-order valence-electron chi connectivity index (χ0n) is 18.2. The SMILES string of the molecule is Cc1ccc(OCCNC(=O)[C@@H]2CCCN(S(=O)(=O)Cc3ccc(Cl)c(Cl)c3)C2)c(C)c1. The number of nitrogens with one attached hydrogen (secondary N) is 1. The second-order valence-corrected chi connectivity index (χ2v) is 10.9. The molecule has 2 aromatic rings. The lowest BCUT2D eigenvalue weighted by Crippen LogP contribution is -2.46. The van der Waals surface area contributed by atoms with Gasteiger partial charge in [-0.3, -0.25) is 4.79 Å².